The molecule has 3 rings (SSSR count). The van der Waals surface area contributed by atoms with Crippen LogP contribution in [0.1, 0.15) is 35.7 Å². The first-order valence-electron chi connectivity index (χ1n) is 9.15. The van der Waals surface area contributed by atoms with Crippen molar-refractivity contribution < 1.29 is 13.9 Å². The standard InChI is InChI=1S/C21H22ClFN2O2S/c1-14(26)15-7-9-16(10-8-15)24-21(28)25(12-17-4-3-11-27-17)13-18-19(22)5-2-6-20(18)23/h2,5-10,17H,3-4,11-13H2,1H3,(H,24,28)/t17-/m1/s1. The average Bonchev–Trinajstić information content (AvgIpc) is 3.17. The van der Waals surface area contributed by atoms with Gasteiger partial charge in [-0.15, -0.1) is 0 Å². The van der Waals surface area contributed by atoms with Gasteiger partial charge in [-0.2, -0.15) is 0 Å². The van der Waals surface area contributed by atoms with E-state index in [4.69, 9.17) is 28.6 Å². The number of rotatable bonds is 6. The molecule has 1 heterocycles. The molecular formula is C21H22ClFN2O2S. The zero-order valence-corrected chi connectivity index (χ0v) is 17.2. The minimum atomic E-state index is -0.363. The van der Waals surface area contributed by atoms with Crippen LogP contribution in [0.2, 0.25) is 5.02 Å². The first-order valence-corrected chi connectivity index (χ1v) is 9.94. The summed E-state index contributed by atoms with van der Waals surface area (Å²) in [6, 6.07) is 11.7. The van der Waals surface area contributed by atoms with Crippen LogP contribution in [0.4, 0.5) is 10.1 Å². The fourth-order valence-corrected chi connectivity index (χ4v) is 3.60. The van der Waals surface area contributed by atoms with Gasteiger partial charge in [0.15, 0.2) is 10.9 Å². The van der Waals surface area contributed by atoms with Gasteiger partial charge in [0.25, 0.3) is 0 Å². The lowest BCUT2D eigenvalue weighted by atomic mass is 10.1. The van der Waals surface area contributed by atoms with E-state index in [1.807, 2.05) is 4.90 Å². The van der Waals surface area contributed by atoms with E-state index in [0.29, 0.717) is 27.8 Å². The molecule has 0 radical (unpaired) electrons. The largest absolute Gasteiger partial charge is 0.376 e. The second kappa shape index (κ2) is 9.45. The Morgan fingerprint density at radius 1 is 1.32 bits per heavy atom. The number of nitrogens with zero attached hydrogens (tertiary/aromatic N) is 1. The summed E-state index contributed by atoms with van der Waals surface area (Å²) in [5.74, 6) is -0.359. The van der Waals surface area contributed by atoms with Crippen LogP contribution in [-0.4, -0.2) is 35.1 Å². The number of hydrogen-bond donors (Lipinski definition) is 1. The lowest BCUT2D eigenvalue weighted by Crippen LogP contribution is -2.39. The molecule has 1 aliphatic rings. The highest BCUT2D eigenvalue weighted by atomic mass is 35.5. The minimum absolute atomic E-state index is 0.00308. The number of ketones is 1. The molecule has 1 saturated heterocycles. The Hall–Kier alpha value is -2.02. The van der Waals surface area contributed by atoms with Crippen LogP contribution in [-0.2, 0) is 11.3 Å². The van der Waals surface area contributed by atoms with Gasteiger partial charge >= 0.3 is 0 Å². The van der Waals surface area contributed by atoms with Crippen LogP contribution in [0.5, 0.6) is 0 Å². The summed E-state index contributed by atoms with van der Waals surface area (Å²) in [7, 11) is 0. The van der Waals surface area contributed by atoms with Gasteiger partial charge in [0.05, 0.1) is 6.10 Å². The van der Waals surface area contributed by atoms with E-state index in [1.54, 1.807) is 36.4 Å². The summed E-state index contributed by atoms with van der Waals surface area (Å²) >= 11 is 11.8. The molecule has 0 unspecified atom stereocenters. The Kier molecular flexibility index (Phi) is 6.99. The average molecular weight is 421 g/mol. The highest BCUT2D eigenvalue weighted by Crippen LogP contribution is 2.23. The Bertz CT molecular complexity index is 834. The van der Waals surface area contributed by atoms with E-state index in [0.717, 1.165) is 25.1 Å². The number of Topliss-reactive ketones (excluding diaryl/α,β-unsaturated/α-hetero) is 1. The Labute approximate surface area is 174 Å². The van der Waals surface area contributed by atoms with Gasteiger partial charge in [0.2, 0.25) is 0 Å². The fourth-order valence-electron chi connectivity index (χ4n) is 3.12. The molecule has 0 aliphatic carbocycles. The number of hydrogen-bond acceptors (Lipinski definition) is 3. The number of carbonyl (C=O) groups is 1. The van der Waals surface area contributed by atoms with Crippen molar-refractivity contribution in [3.8, 4) is 0 Å². The minimum Gasteiger partial charge on any atom is -0.376 e. The monoisotopic (exact) mass is 420 g/mol. The van der Waals surface area contributed by atoms with Crippen LogP contribution in [0.25, 0.3) is 0 Å². The molecular weight excluding hydrogens is 399 g/mol. The molecule has 0 spiro atoms. The van der Waals surface area contributed by atoms with Crippen LogP contribution in [0.15, 0.2) is 42.5 Å². The molecule has 28 heavy (non-hydrogen) atoms. The van der Waals surface area contributed by atoms with Gasteiger partial charge in [-0.25, -0.2) is 4.39 Å². The second-order valence-corrected chi connectivity index (χ2v) is 7.57. The van der Waals surface area contributed by atoms with Gasteiger partial charge in [-0.3, -0.25) is 4.79 Å². The molecule has 1 aliphatic heterocycles. The zero-order chi connectivity index (χ0) is 20.1. The van der Waals surface area contributed by atoms with E-state index >= 15 is 0 Å². The quantitative estimate of drug-likeness (QED) is 0.522. The van der Waals surface area contributed by atoms with Crippen LogP contribution < -0.4 is 5.32 Å². The number of benzene rings is 2. The van der Waals surface area contributed by atoms with E-state index in [9.17, 15) is 9.18 Å². The number of anilines is 1. The second-order valence-electron chi connectivity index (χ2n) is 6.78. The van der Waals surface area contributed by atoms with Crippen molar-refractivity contribution in [1.82, 2.24) is 4.90 Å². The number of nitrogens with one attached hydrogen (secondary N) is 1. The smallest absolute Gasteiger partial charge is 0.173 e. The topological polar surface area (TPSA) is 41.6 Å². The number of halogens is 2. The van der Waals surface area contributed by atoms with Crippen molar-refractivity contribution in [2.45, 2.75) is 32.4 Å². The highest BCUT2D eigenvalue weighted by molar-refractivity contribution is 7.80. The molecule has 148 valence electrons. The third-order valence-electron chi connectivity index (χ3n) is 4.69. The molecule has 1 atom stereocenters. The van der Waals surface area contributed by atoms with Crippen molar-refractivity contribution in [3.05, 3.63) is 64.4 Å². The Morgan fingerprint density at radius 3 is 2.68 bits per heavy atom. The van der Waals surface area contributed by atoms with Crippen molar-refractivity contribution in [2.75, 3.05) is 18.5 Å². The first kappa shape index (κ1) is 20.7. The summed E-state index contributed by atoms with van der Waals surface area (Å²) in [4.78, 5) is 13.3. The summed E-state index contributed by atoms with van der Waals surface area (Å²) in [6.45, 7) is 3.03. The van der Waals surface area contributed by atoms with E-state index in [2.05, 4.69) is 5.32 Å². The van der Waals surface area contributed by atoms with Crippen LogP contribution in [0, 0.1) is 5.82 Å². The number of ether oxygens (including phenoxy) is 1. The highest BCUT2D eigenvalue weighted by Gasteiger charge is 2.23. The number of carbonyl (C=O) groups excluding carboxylic acids is 1. The van der Waals surface area contributed by atoms with Gasteiger partial charge in [-0.1, -0.05) is 17.7 Å². The van der Waals surface area contributed by atoms with Gasteiger partial charge in [0, 0.05) is 41.5 Å². The van der Waals surface area contributed by atoms with Crippen molar-refractivity contribution in [1.29, 1.82) is 0 Å². The molecule has 7 heteroatoms. The summed E-state index contributed by atoms with van der Waals surface area (Å²) in [6.07, 6.45) is 1.99. The summed E-state index contributed by atoms with van der Waals surface area (Å²) in [5, 5.41) is 3.98. The lowest BCUT2D eigenvalue weighted by Gasteiger charge is -2.29. The number of thiocarbonyl (C=S) groups is 1. The SMILES string of the molecule is CC(=O)c1ccc(NC(=S)N(Cc2c(F)cccc2Cl)C[C@H]2CCCO2)cc1. The molecule has 2 aromatic rings. The molecule has 4 nitrogen and oxygen atoms in total. The van der Waals surface area contributed by atoms with E-state index in [-0.39, 0.29) is 24.2 Å². The third kappa shape index (κ3) is 5.28. The van der Waals surface area contributed by atoms with Crippen molar-refractivity contribution in [2.24, 2.45) is 0 Å². The maximum atomic E-state index is 14.3. The van der Waals surface area contributed by atoms with E-state index in [1.165, 1.54) is 13.0 Å². The molecule has 2 aromatic carbocycles. The molecule has 0 amide bonds. The van der Waals surface area contributed by atoms with Crippen LogP contribution in [0.3, 0.4) is 0 Å². The van der Waals surface area contributed by atoms with Crippen molar-refractivity contribution >= 4 is 40.4 Å². The van der Waals surface area contributed by atoms with Crippen LogP contribution >= 0.6 is 23.8 Å². The Morgan fingerprint density at radius 2 is 2.07 bits per heavy atom. The molecule has 0 bridgehead atoms. The van der Waals surface area contributed by atoms with Gasteiger partial charge in [-0.05, 0) is 68.4 Å². The van der Waals surface area contributed by atoms with Gasteiger partial charge in [0.1, 0.15) is 5.82 Å². The normalized spacial score (nSPS) is 16.0. The fraction of sp³-hybridized carbons (Fsp3) is 0.333. The third-order valence-corrected chi connectivity index (χ3v) is 5.40. The van der Waals surface area contributed by atoms with E-state index < -0.39 is 0 Å². The summed E-state index contributed by atoms with van der Waals surface area (Å²) < 4.78 is 20.0. The predicted octanol–water partition coefficient (Wildman–Crippen LogP) is 5.06. The molecule has 1 fully saturated rings. The zero-order valence-electron chi connectivity index (χ0n) is 15.6. The lowest BCUT2D eigenvalue weighted by molar-refractivity contribution is 0.0903. The summed E-state index contributed by atoms with van der Waals surface area (Å²) in [5.41, 5.74) is 1.79. The molecule has 1 N–H and O–H groups in total. The first-order chi connectivity index (χ1) is 13.4. The maximum Gasteiger partial charge on any atom is 0.173 e. The van der Waals surface area contributed by atoms with Gasteiger partial charge < -0.3 is 15.0 Å². The maximum absolute atomic E-state index is 14.3. The molecule has 0 aromatic heterocycles. The predicted molar refractivity (Wildman–Crippen MR) is 113 cm³/mol. The Balaban J connectivity index is 1.76. The molecule has 0 saturated carbocycles. The van der Waals surface area contributed by atoms with Crippen molar-refractivity contribution in [3.63, 3.8) is 0 Å².